The molecule has 0 radical (unpaired) electrons. The molecule has 47 heavy (non-hydrogen) atoms. The Morgan fingerprint density at radius 3 is 1.43 bits per heavy atom. The predicted molar refractivity (Wildman–Crippen MR) is 198 cm³/mol. The lowest BCUT2D eigenvalue weighted by atomic mass is 9.86. The molecular weight excluding hydrogens is 569 g/mol. The van der Waals surface area contributed by atoms with Gasteiger partial charge >= 0.3 is 0 Å². The second-order valence-electron chi connectivity index (χ2n) is 11.4. The summed E-state index contributed by atoms with van der Waals surface area (Å²) in [5, 5.41) is 0.485. The van der Waals surface area contributed by atoms with Crippen LogP contribution in [0.4, 0.5) is 0 Å². The van der Waals surface area contributed by atoms with Crippen LogP contribution < -0.4 is 0 Å². The topological polar surface area (TPSA) is 17.8 Å². The van der Waals surface area contributed by atoms with Crippen LogP contribution in [0.15, 0.2) is 182 Å². The van der Waals surface area contributed by atoms with E-state index in [9.17, 15) is 5.48 Å². The van der Waals surface area contributed by atoms with Crippen molar-refractivity contribution in [3.8, 4) is 50.5 Å². The molecule has 8 aromatic carbocycles. The average Bonchev–Trinajstić information content (AvgIpc) is 3.62. The number of aromatic nitrogens is 2. The molecule has 0 saturated carbocycles. The van der Waals surface area contributed by atoms with E-state index in [1.54, 1.807) is 0 Å². The van der Waals surface area contributed by atoms with Gasteiger partial charge in [0.25, 0.3) is 0 Å². The Bertz CT molecular complexity index is 2860. The first-order valence-corrected chi connectivity index (χ1v) is 15.4. The summed E-state index contributed by atoms with van der Waals surface area (Å²) in [6.45, 7) is 0. The fourth-order valence-electron chi connectivity index (χ4n) is 6.54. The van der Waals surface area contributed by atoms with Crippen LogP contribution in [-0.2, 0) is 0 Å². The smallest absolute Gasteiger partial charge is 0.146 e. The summed E-state index contributed by atoms with van der Waals surface area (Å²) >= 11 is 0. The van der Waals surface area contributed by atoms with Crippen molar-refractivity contribution < 1.29 is 11.0 Å². The largest absolute Gasteiger partial charge is 0.292 e. The lowest BCUT2D eigenvalue weighted by molar-refractivity contribution is 1.11. The maximum Gasteiger partial charge on any atom is 0.146 e. The SMILES string of the molecule is [2H]c1c([2H])c([2H])c2c(-c3nc4ccccc4n3-c3ccccc3)c3c([2H])c([2H])c([2H])c([2H])c3c(-c3cc(-c4ccccc4)cc(-c4ccccc4)c3)c2c1[2H]. The summed E-state index contributed by atoms with van der Waals surface area (Å²) in [5.74, 6) is 0.284. The highest BCUT2D eigenvalue weighted by molar-refractivity contribution is 6.21. The number of hydrogen-bond acceptors (Lipinski definition) is 1. The van der Waals surface area contributed by atoms with Crippen LogP contribution in [0.3, 0.4) is 0 Å². The van der Waals surface area contributed by atoms with Gasteiger partial charge < -0.3 is 0 Å². The van der Waals surface area contributed by atoms with E-state index in [2.05, 4.69) is 6.07 Å². The minimum atomic E-state index is -0.463. The molecule has 0 amide bonds. The third kappa shape index (κ3) is 4.62. The molecule has 0 unspecified atom stereocenters. The van der Waals surface area contributed by atoms with Crippen molar-refractivity contribution in [1.29, 1.82) is 0 Å². The van der Waals surface area contributed by atoms with Gasteiger partial charge in [0.2, 0.25) is 0 Å². The van der Waals surface area contributed by atoms with Gasteiger partial charge in [0.15, 0.2) is 0 Å². The van der Waals surface area contributed by atoms with E-state index in [-0.39, 0.29) is 62.7 Å². The van der Waals surface area contributed by atoms with Gasteiger partial charge in [-0.2, -0.15) is 0 Å². The number of para-hydroxylation sites is 3. The van der Waals surface area contributed by atoms with E-state index in [0.717, 1.165) is 33.5 Å². The molecule has 0 atom stereocenters. The average molecular weight is 607 g/mol. The molecule has 0 fully saturated rings. The van der Waals surface area contributed by atoms with Crippen LogP contribution in [0, 0.1) is 0 Å². The van der Waals surface area contributed by atoms with Crippen LogP contribution in [-0.4, -0.2) is 9.55 Å². The van der Waals surface area contributed by atoms with Crippen molar-refractivity contribution in [2.24, 2.45) is 0 Å². The van der Waals surface area contributed by atoms with Crippen LogP contribution in [0.2, 0.25) is 0 Å². The first-order chi connectivity index (χ1) is 26.7. The van der Waals surface area contributed by atoms with E-state index in [4.69, 9.17) is 10.5 Å². The lowest BCUT2D eigenvalue weighted by Gasteiger charge is -2.19. The summed E-state index contributed by atoms with van der Waals surface area (Å²) in [4.78, 5) is 5.07. The number of fused-ring (bicyclic) bond motifs is 3. The number of imidazole rings is 1. The number of hydrogen-bond donors (Lipinski definition) is 0. The van der Waals surface area contributed by atoms with E-state index in [1.807, 2.05) is 132 Å². The van der Waals surface area contributed by atoms with Crippen molar-refractivity contribution in [3.63, 3.8) is 0 Å². The molecule has 220 valence electrons. The Morgan fingerprint density at radius 2 is 0.872 bits per heavy atom. The van der Waals surface area contributed by atoms with Gasteiger partial charge in [0, 0.05) is 11.3 Å². The molecule has 0 aliphatic heterocycles. The molecule has 2 nitrogen and oxygen atoms in total. The molecule has 0 saturated heterocycles. The molecule has 1 heterocycles. The maximum absolute atomic E-state index is 9.52. The zero-order chi connectivity index (χ0) is 38.1. The normalized spacial score (nSPS) is 13.8. The first-order valence-electron chi connectivity index (χ1n) is 19.4. The van der Waals surface area contributed by atoms with Crippen molar-refractivity contribution in [1.82, 2.24) is 9.55 Å². The Balaban J connectivity index is 1.56. The standard InChI is InChI=1S/C45H30N2/c1-4-16-31(17-5-1)33-28-34(32-18-6-2-7-19-32)30-35(29-33)43-37-22-10-12-24-39(37)44(40-25-13-11-23-38(40)43)45-46-41-26-14-15-27-42(41)47(45)36-20-8-3-9-21-36/h1-30H/i10D,11D,12D,13D,22D,23D,24D,25D. The highest BCUT2D eigenvalue weighted by atomic mass is 15.1. The molecule has 0 N–H and O–H groups in total. The zero-order valence-electron chi connectivity index (χ0n) is 33.1. The Morgan fingerprint density at radius 1 is 0.426 bits per heavy atom. The molecule has 0 aliphatic carbocycles. The van der Waals surface area contributed by atoms with E-state index in [1.165, 1.54) is 0 Å². The second kappa shape index (κ2) is 11.3. The molecule has 9 rings (SSSR count). The third-order valence-electron chi connectivity index (χ3n) is 8.61. The van der Waals surface area contributed by atoms with Crippen molar-refractivity contribution in [3.05, 3.63) is 182 Å². The molecule has 0 aliphatic rings. The number of rotatable bonds is 5. The van der Waals surface area contributed by atoms with E-state index < -0.39 is 24.2 Å². The van der Waals surface area contributed by atoms with Gasteiger partial charge in [0.1, 0.15) is 5.82 Å². The Kier molecular flexibility index (Phi) is 4.80. The lowest BCUT2D eigenvalue weighted by Crippen LogP contribution is -1.99. The monoisotopic (exact) mass is 606 g/mol. The zero-order valence-corrected chi connectivity index (χ0v) is 25.1. The molecule has 1 aromatic heterocycles. The highest BCUT2D eigenvalue weighted by Gasteiger charge is 2.22. The highest BCUT2D eigenvalue weighted by Crippen LogP contribution is 2.46. The summed E-state index contributed by atoms with van der Waals surface area (Å²) in [7, 11) is 0. The van der Waals surface area contributed by atoms with Crippen LogP contribution in [0.25, 0.3) is 83.0 Å². The second-order valence-corrected chi connectivity index (χ2v) is 11.4. The quantitative estimate of drug-likeness (QED) is 0.178. The summed E-state index contributed by atoms with van der Waals surface area (Å²) < 4.78 is 75.7. The van der Waals surface area contributed by atoms with E-state index in [0.29, 0.717) is 11.1 Å². The summed E-state index contributed by atoms with van der Waals surface area (Å²) in [5.41, 5.74) is 6.54. The summed E-state index contributed by atoms with van der Waals surface area (Å²) in [6, 6.07) is 39.3. The van der Waals surface area contributed by atoms with Gasteiger partial charge in [-0.3, -0.25) is 4.57 Å². The predicted octanol–water partition coefficient (Wildman–Crippen LogP) is 12.0. The van der Waals surface area contributed by atoms with Crippen LogP contribution in [0.5, 0.6) is 0 Å². The van der Waals surface area contributed by atoms with Gasteiger partial charge in [-0.05, 0) is 97.4 Å². The van der Waals surface area contributed by atoms with Gasteiger partial charge in [-0.15, -0.1) is 0 Å². The minimum Gasteiger partial charge on any atom is -0.292 e. The Labute approximate surface area is 285 Å². The summed E-state index contributed by atoms with van der Waals surface area (Å²) in [6.07, 6.45) is 0. The maximum atomic E-state index is 9.52. The minimum absolute atomic E-state index is 0.109. The Hall–Kier alpha value is -6.25. The van der Waals surface area contributed by atoms with Crippen molar-refractivity contribution in [2.45, 2.75) is 0 Å². The van der Waals surface area contributed by atoms with Gasteiger partial charge in [-0.25, -0.2) is 4.98 Å². The molecule has 9 aromatic rings. The molecular formula is C45H30N2. The molecule has 0 spiro atoms. The fourth-order valence-corrected chi connectivity index (χ4v) is 6.54. The third-order valence-corrected chi connectivity index (χ3v) is 8.61. The van der Waals surface area contributed by atoms with Gasteiger partial charge in [-0.1, -0.05) is 139 Å². The van der Waals surface area contributed by atoms with Crippen LogP contribution in [0.1, 0.15) is 11.0 Å². The van der Waals surface area contributed by atoms with Crippen molar-refractivity contribution >= 4 is 32.6 Å². The molecule has 2 heteroatoms. The fraction of sp³-hybridized carbons (Fsp3) is 0. The number of benzene rings is 8. The molecule has 0 bridgehead atoms. The van der Waals surface area contributed by atoms with Crippen molar-refractivity contribution in [2.75, 3.05) is 0 Å². The first kappa shape index (κ1) is 20.0. The van der Waals surface area contributed by atoms with E-state index >= 15 is 0 Å². The van der Waals surface area contributed by atoms with Crippen LogP contribution >= 0.6 is 0 Å². The van der Waals surface area contributed by atoms with Gasteiger partial charge in [0.05, 0.1) is 22.0 Å². The number of nitrogens with zero attached hydrogens (tertiary/aromatic N) is 2.